The van der Waals surface area contributed by atoms with Crippen LogP contribution in [0.15, 0.2) is 46.9 Å². The van der Waals surface area contributed by atoms with Crippen LogP contribution in [0.1, 0.15) is 12.2 Å². The minimum atomic E-state index is -2.81. The summed E-state index contributed by atoms with van der Waals surface area (Å²) in [6.45, 7) is 0. The fourth-order valence-corrected chi connectivity index (χ4v) is 2.25. The van der Waals surface area contributed by atoms with Crippen LogP contribution in [0.25, 0.3) is 10.9 Å². The molecule has 1 aromatic heterocycles. The first-order chi connectivity index (χ1) is 10.5. The van der Waals surface area contributed by atoms with Gasteiger partial charge >= 0.3 is 0 Å². The van der Waals surface area contributed by atoms with Gasteiger partial charge < -0.3 is 4.74 Å². The van der Waals surface area contributed by atoms with Crippen molar-refractivity contribution in [1.29, 1.82) is 0 Å². The van der Waals surface area contributed by atoms with Crippen molar-refractivity contribution in [2.75, 3.05) is 0 Å². The molecule has 0 saturated carbocycles. The zero-order chi connectivity index (χ0) is 15.7. The number of benzene rings is 2. The number of fused-ring (bicyclic) bond motifs is 1. The van der Waals surface area contributed by atoms with E-state index in [1.165, 1.54) is 18.2 Å². The third kappa shape index (κ3) is 2.89. The molecule has 3 aromatic rings. The van der Waals surface area contributed by atoms with Crippen LogP contribution in [0.2, 0.25) is 0 Å². The lowest BCUT2D eigenvalue weighted by Gasteiger charge is -2.10. The fraction of sp³-hybridized carbons (Fsp3) is 0.0667. The highest BCUT2D eigenvalue weighted by molar-refractivity contribution is 9.10. The van der Waals surface area contributed by atoms with E-state index in [1.54, 1.807) is 24.3 Å². The van der Waals surface area contributed by atoms with Crippen molar-refractivity contribution in [2.45, 2.75) is 6.43 Å². The average Bonchev–Trinajstić information content (AvgIpc) is 2.50. The number of ether oxygens (including phenoxy) is 1. The second-order valence-electron chi connectivity index (χ2n) is 4.38. The largest absolute Gasteiger partial charge is 0.438 e. The highest BCUT2D eigenvalue weighted by Gasteiger charge is 2.16. The van der Waals surface area contributed by atoms with E-state index in [9.17, 15) is 13.2 Å². The monoisotopic (exact) mass is 368 g/mol. The van der Waals surface area contributed by atoms with E-state index in [0.29, 0.717) is 10.9 Å². The molecular weight excluding hydrogens is 361 g/mol. The summed E-state index contributed by atoms with van der Waals surface area (Å²) in [6, 6.07) is 10.7. The second kappa shape index (κ2) is 5.92. The normalized spacial score (nSPS) is 11.1. The standard InChI is InChI=1S/C15H8BrF3N2O/c16-10-7-8(5-6-11(10)17)22-15-9-3-1-2-4-12(9)20-14(21-15)13(18)19/h1-7,13H. The van der Waals surface area contributed by atoms with E-state index in [2.05, 4.69) is 25.9 Å². The Morgan fingerprint density at radius 2 is 1.82 bits per heavy atom. The van der Waals surface area contributed by atoms with Gasteiger partial charge in [0.1, 0.15) is 11.6 Å². The van der Waals surface area contributed by atoms with Gasteiger partial charge in [-0.15, -0.1) is 0 Å². The van der Waals surface area contributed by atoms with Crippen LogP contribution >= 0.6 is 15.9 Å². The smallest absolute Gasteiger partial charge is 0.297 e. The van der Waals surface area contributed by atoms with Crippen molar-refractivity contribution in [3.05, 3.63) is 58.6 Å². The molecule has 22 heavy (non-hydrogen) atoms. The van der Waals surface area contributed by atoms with Crippen LogP contribution < -0.4 is 4.74 Å². The third-order valence-corrected chi connectivity index (χ3v) is 3.49. The van der Waals surface area contributed by atoms with Gasteiger partial charge in [-0.3, -0.25) is 0 Å². The summed E-state index contributed by atoms with van der Waals surface area (Å²) in [5.41, 5.74) is 0.351. The van der Waals surface area contributed by atoms with Gasteiger partial charge in [-0.1, -0.05) is 12.1 Å². The lowest BCUT2D eigenvalue weighted by atomic mass is 10.2. The lowest BCUT2D eigenvalue weighted by Crippen LogP contribution is -1.99. The Hall–Kier alpha value is -2.15. The van der Waals surface area contributed by atoms with Gasteiger partial charge in [0, 0.05) is 0 Å². The van der Waals surface area contributed by atoms with E-state index >= 15 is 0 Å². The van der Waals surface area contributed by atoms with Crippen molar-refractivity contribution in [3.63, 3.8) is 0 Å². The van der Waals surface area contributed by atoms with E-state index < -0.39 is 18.1 Å². The van der Waals surface area contributed by atoms with Crippen molar-refractivity contribution in [2.24, 2.45) is 0 Å². The maximum Gasteiger partial charge on any atom is 0.297 e. The summed E-state index contributed by atoms with van der Waals surface area (Å²) in [4.78, 5) is 7.55. The first-order valence-electron chi connectivity index (χ1n) is 6.22. The van der Waals surface area contributed by atoms with E-state index in [4.69, 9.17) is 4.74 Å². The van der Waals surface area contributed by atoms with Crippen molar-refractivity contribution in [3.8, 4) is 11.6 Å². The summed E-state index contributed by atoms with van der Waals surface area (Å²) < 4.78 is 44.8. The Balaban J connectivity index is 2.10. The molecule has 0 aliphatic heterocycles. The third-order valence-electron chi connectivity index (χ3n) is 2.89. The molecule has 0 atom stereocenters. The molecular formula is C15H8BrF3N2O. The van der Waals surface area contributed by atoms with Crippen LogP contribution in [0.5, 0.6) is 11.6 Å². The van der Waals surface area contributed by atoms with Gasteiger partial charge in [0.25, 0.3) is 6.43 Å². The molecule has 0 spiro atoms. The molecule has 3 rings (SSSR count). The van der Waals surface area contributed by atoms with Crippen molar-refractivity contribution in [1.82, 2.24) is 9.97 Å². The van der Waals surface area contributed by atoms with Gasteiger partial charge in [-0.25, -0.2) is 18.2 Å². The topological polar surface area (TPSA) is 35.0 Å². The van der Waals surface area contributed by atoms with Gasteiger partial charge in [0.2, 0.25) is 5.88 Å². The van der Waals surface area contributed by atoms with Gasteiger partial charge in [0.05, 0.1) is 15.4 Å². The molecule has 0 radical (unpaired) electrons. The zero-order valence-electron chi connectivity index (χ0n) is 10.9. The van der Waals surface area contributed by atoms with Gasteiger partial charge in [0.15, 0.2) is 5.82 Å². The first-order valence-corrected chi connectivity index (χ1v) is 7.01. The van der Waals surface area contributed by atoms with E-state index in [0.717, 1.165) is 0 Å². The number of halogens is 4. The van der Waals surface area contributed by atoms with E-state index in [-0.39, 0.29) is 16.1 Å². The maximum absolute atomic E-state index is 13.2. The molecule has 0 bridgehead atoms. The Labute approximate surface area is 131 Å². The molecule has 7 heteroatoms. The molecule has 112 valence electrons. The van der Waals surface area contributed by atoms with Crippen LogP contribution in [0.4, 0.5) is 13.2 Å². The minimum Gasteiger partial charge on any atom is -0.438 e. The molecule has 3 nitrogen and oxygen atoms in total. The summed E-state index contributed by atoms with van der Waals surface area (Å²) in [5, 5.41) is 0.493. The number of aromatic nitrogens is 2. The fourth-order valence-electron chi connectivity index (χ4n) is 1.89. The van der Waals surface area contributed by atoms with Crippen molar-refractivity contribution >= 4 is 26.8 Å². The van der Waals surface area contributed by atoms with Gasteiger partial charge in [-0.2, -0.15) is 4.98 Å². The number of rotatable bonds is 3. The molecule has 2 aromatic carbocycles. The number of hydrogen-bond acceptors (Lipinski definition) is 3. The Morgan fingerprint density at radius 3 is 2.55 bits per heavy atom. The summed E-state index contributed by atoms with van der Waals surface area (Å²) in [6.07, 6.45) is -2.81. The molecule has 0 aliphatic carbocycles. The van der Waals surface area contributed by atoms with Crippen LogP contribution in [-0.2, 0) is 0 Å². The Kier molecular flexibility index (Phi) is 3.98. The van der Waals surface area contributed by atoms with Crippen LogP contribution in [0, 0.1) is 5.82 Å². The molecule has 0 fully saturated rings. The van der Waals surface area contributed by atoms with Crippen molar-refractivity contribution < 1.29 is 17.9 Å². The number of para-hydroxylation sites is 1. The summed E-state index contributed by atoms with van der Waals surface area (Å²) in [5.74, 6) is -0.792. The lowest BCUT2D eigenvalue weighted by molar-refractivity contribution is 0.140. The maximum atomic E-state index is 13.2. The zero-order valence-corrected chi connectivity index (χ0v) is 12.5. The highest BCUT2D eigenvalue weighted by atomic mass is 79.9. The minimum absolute atomic E-state index is 0.000548. The number of nitrogens with zero attached hydrogens (tertiary/aromatic N) is 2. The average molecular weight is 369 g/mol. The SMILES string of the molecule is Fc1ccc(Oc2nc(C(F)F)nc3ccccc23)cc1Br. The van der Waals surface area contributed by atoms with Crippen LogP contribution in [-0.4, -0.2) is 9.97 Å². The molecule has 0 saturated heterocycles. The Bertz CT molecular complexity index is 842. The molecule has 1 heterocycles. The highest BCUT2D eigenvalue weighted by Crippen LogP contribution is 2.31. The number of hydrogen-bond donors (Lipinski definition) is 0. The molecule has 0 N–H and O–H groups in total. The molecule has 0 amide bonds. The predicted octanol–water partition coefficient (Wildman–Crippen LogP) is 5.26. The predicted molar refractivity (Wildman–Crippen MR) is 78.7 cm³/mol. The quantitative estimate of drug-likeness (QED) is 0.632. The number of alkyl halides is 2. The Morgan fingerprint density at radius 1 is 1.05 bits per heavy atom. The van der Waals surface area contributed by atoms with E-state index in [1.807, 2.05) is 0 Å². The first kappa shape index (κ1) is 14.8. The van der Waals surface area contributed by atoms with Crippen LogP contribution in [0.3, 0.4) is 0 Å². The second-order valence-corrected chi connectivity index (χ2v) is 5.24. The summed E-state index contributed by atoms with van der Waals surface area (Å²) in [7, 11) is 0. The summed E-state index contributed by atoms with van der Waals surface area (Å²) >= 11 is 3.04. The van der Waals surface area contributed by atoms with Gasteiger partial charge in [-0.05, 0) is 46.3 Å². The molecule has 0 unspecified atom stereocenters. The molecule has 0 aliphatic rings.